The van der Waals surface area contributed by atoms with Gasteiger partial charge in [-0.1, -0.05) is 11.6 Å². The number of amides is 1. The normalized spacial score (nSPS) is 15.7. The first kappa shape index (κ1) is 30.6. The van der Waals surface area contributed by atoms with Gasteiger partial charge in [0.05, 0.1) is 35.5 Å². The van der Waals surface area contributed by atoms with Gasteiger partial charge in [0.1, 0.15) is 12.1 Å². The van der Waals surface area contributed by atoms with Gasteiger partial charge < -0.3 is 25.0 Å². The molecule has 2 N–H and O–H groups in total. The number of carbonyl (C=O) groups excluding carboxylic acids is 2. The molecule has 0 radical (unpaired) electrons. The largest absolute Gasteiger partial charge is 0.497 e. The SMILES string of the molecule is CCOC(=O)C1(N(C)Cc2cc(OC)cc(C(=O)Nc3ccc(Cl)c(-n4cnc5cc(N(C)C)ccc54)c3)c2)N=CC=CN1. The van der Waals surface area contributed by atoms with Crippen molar-refractivity contribution in [1.82, 2.24) is 19.8 Å². The van der Waals surface area contributed by atoms with Crippen molar-refractivity contribution in [2.75, 3.05) is 45.1 Å². The van der Waals surface area contributed by atoms with Crippen molar-refractivity contribution >= 4 is 52.1 Å². The number of hydrogen-bond donors (Lipinski definition) is 2. The van der Waals surface area contributed by atoms with E-state index in [2.05, 4.69) is 20.6 Å². The number of esters is 1. The van der Waals surface area contributed by atoms with Gasteiger partial charge in [0.2, 0.25) is 0 Å². The van der Waals surface area contributed by atoms with Crippen LogP contribution in [0.25, 0.3) is 16.7 Å². The van der Waals surface area contributed by atoms with Gasteiger partial charge in [-0.15, -0.1) is 0 Å². The highest BCUT2D eigenvalue weighted by molar-refractivity contribution is 6.32. The molecule has 11 nitrogen and oxygen atoms in total. The van der Waals surface area contributed by atoms with Gasteiger partial charge in [-0.2, -0.15) is 0 Å². The molecule has 1 aromatic heterocycles. The third-order valence-electron chi connectivity index (χ3n) is 7.24. The lowest BCUT2D eigenvalue weighted by Crippen LogP contribution is -2.61. The van der Waals surface area contributed by atoms with E-state index in [1.165, 1.54) is 7.11 Å². The van der Waals surface area contributed by atoms with Crippen molar-refractivity contribution in [2.24, 2.45) is 4.99 Å². The Labute approximate surface area is 260 Å². The first-order chi connectivity index (χ1) is 21.1. The number of allylic oxidation sites excluding steroid dienone is 1. The minimum Gasteiger partial charge on any atom is -0.497 e. The van der Waals surface area contributed by atoms with E-state index < -0.39 is 11.8 Å². The number of nitrogens with one attached hydrogen (secondary N) is 2. The second-order valence-electron chi connectivity index (χ2n) is 10.4. The summed E-state index contributed by atoms with van der Waals surface area (Å²) in [7, 11) is 7.23. The minimum atomic E-state index is -1.44. The van der Waals surface area contributed by atoms with E-state index >= 15 is 0 Å². The zero-order valence-electron chi connectivity index (χ0n) is 25.2. The Morgan fingerprint density at radius 3 is 2.61 bits per heavy atom. The molecule has 0 saturated carbocycles. The number of imidazole rings is 1. The fraction of sp³-hybridized carbons (Fsp3) is 0.250. The highest BCUT2D eigenvalue weighted by Gasteiger charge is 2.43. The summed E-state index contributed by atoms with van der Waals surface area (Å²) in [6.45, 7) is 2.20. The molecule has 12 heteroatoms. The van der Waals surface area contributed by atoms with Gasteiger partial charge in [-0.3, -0.25) is 14.3 Å². The van der Waals surface area contributed by atoms with Crippen LogP contribution in [0.4, 0.5) is 11.4 Å². The lowest BCUT2D eigenvalue weighted by atomic mass is 10.1. The van der Waals surface area contributed by atoms with Crippen molar-refractivity contribution < 1.29 is 19.1 Å². The lowest BCUT2D eigenvalue weighted by molar-refractivity contribution is -0.159. The first-order valence-corrected chi connectivity index (χ1v) is 14.3. The molecule has 3 aromatic carbocycles. The van der Waals surface area contributed by atoms with Gasteiger partial charge in [0.25, 0.3) is 11.7 Å². The summed E-state index contributed by atoms with van der Waals surface area (Å²) in [5, 5.41) is 6.50. The number of likely N-dealkylation sites (N-methyl/N-ethyl adjacent to an activating group) is 1. The minimum absolute atomic E-state index is 0.208. The van der Waals surface area contributed by atoms with E-state index in [1.807, 2.05) is 41.8 Å². The highest BCUT2D eigenvalue weighted by Crippen LogP contribution is 2.30. The maximum absolute atomic E-state index is 13.5. The smallest absolute Gasteiger partial charge is 0.371 e. The Morgan fingerprint density at radius 1 is 1.09 bits per heavy atom. The van der Waals surface area contributed by atoms with E-state index in [0.717, 1.165) is 22.3 Å². The molecule has 0 aliphatic carbocycles. The topological polar surface area (TPSA) is 113 Å². The third-order valence-corrected chi connectivity index (χ3v) is 7.56. The van der Waals surface area contributed by atoms with Crippen LogP contribution in [-0.2, 0) is 16.1 Å². The maximum Gasteiger partial charge on any atom is 0.371 e. The number of anilines is 2. The maximum atomic E-state index is 13.5. The monoisotopic (exact) mass is 615 g/mol. The van der Waals surface area contributed by atoms with E-state index in [9.17, 15) is 9.59 Å². The van der Waals surface area contributed by atoms with Gasteiger partial charge in [0, 0.05) is 50.0 Å². The number of carbonyl (C=O) groups is 2. The molecule has 1 aliphatic heterocycles. The number of nitrogens with zero attached hydrogens (tertiary/aromatic N) is 5. The van der Waals surface area contributed by atoms with Crippen LogP contribution in [0.1, 0.15) is 22.8 Å². The number of benzene rings is 3. The molecular formula is C32H34ClN7O4. The summed E-state index contributed by atoms with van der Waals surface area (Å²) in [6.07, 6.45) is 6.59. The Morgan fingerprint density at radius 2 is 1.91 bits per heavy atom. The number of halogens is 1. The van der Waals surface area contributed by atoms with Gasteiger partial charge in [0.15, 0.2) is 0 Å². The van der Waals surface area contributed by atoms with Crippen molar-refractivity contribution in [3.63, 3.8) is 0 Å². The summed E-state index contributed by atoms with van der Waals surface area (Å²) in [5.74, 6) is -1.83. The predicted octanol–water partition coefficient (Wildman–Crippen LogP) is 4.84. The number of rotatable bonds is 10. The standard InChI is InChI=1S/C32H34ClN7O4/c1-6-44-31(42)32(35-12-7-13-36-32)39(4)19-21-14-22(16-25(15-21)43-5)30(41)37-23-8-10-26(33)29(17-23)40-20-34-27-18-24(38(2)3)9-11-28(27)40/h7-18,20,35H,6,19H2,1-5H3,(H,37,41). The molecule has 44 heavy (non-hydrogen) atoms. The van der Waals surface area contributed by atoms with Gasteiger partial charge in [-0.25, -0.2) is 14.8 Å². The summed E-state index contributed by atoms with van der Waals surface area (Å²) in [4.78, 5) is 39.1. The zero-order chi connectivity index (χ0) is 31.4. The predicted molar refractivity (Wildman–Crippen MR) is 173 cm³/mol. The fourth-order valence-electron chi connectivity index (χ4n) is 4.94. The van der Waals surface area contributed by atoms with Crippen LogP contribution in [0, 0.1) is 0 Å². The van der Waals surface area contributed by atoms with Crippen LogP contribution < -0.4 is 20.3 Å². The first-order valence-electron chi connectivity index (χ1n) is 14.0. The van der Waals surface area contributed by atoms with Crippen LogP contribution in [0.5, 0.6) is 5.75 Å². The zero-order valence-corrected chi connectivity index (χ0v) is 25.9. The van der Waals surface area contributed by atoms with Crippen LogP contribution in [0.15, 0.2) is 78.2 Å². The number of ether oxygens (including phenoxy) is 2. The van der Waals surface area contributed by atoms with Gasteiger partial charge >= 0.3 is 5.97 Å². The summed E-state index contributed by atoms with van der Waals surface area (Å²) in [6, 6.07) is 16.5. The highest BCUT2D eigenvalue weighted by atomic mass is 35.5. The second-order valence-corrected chi connectivity index (χ2v) is 10.8. The van der Waals surface area contributed by atoms with Crippen molar-refractivity contribution in [3.05, 3.63) is 89.4 Å². The summed E-state index contributed by atoms with van der Waals surface area (Å²) < 4.78 is 12.7. The molecule has 0 saturated heterocycles. The number of methoxy groups -OCH3 is 1. The Balaban J connectivity index is 1.40. The van der Waals surface area contributed by atoms with Crippen LogP contribution in [0.3, 0.4) is 0 Å². The number of aromatic nitrogens is 2. The molecule has 0 spiro atoms. The second kappa shape index (κ2) is 12.8. The van der Waals surface area contributed by atoms with Crippen molar-refractivity contribution in [1.29, 1.82) is 0 Å². The summed E-state index contributed by atoms with van der Waals surface area (Å²) >= 11 is 6.61. The molecule has 1 aliphatic rings. The number of fused-ring (bicyclic) bond motifs is 1. The van der Waals surface area contributed by atoms with Crippen LogP contribution in [-0.4, -0.2) is 73.2 Å². The number of aliphatic imine (C=N–C) groups is 1. The van der Waals surface area contributed by atoms with Crippen molar-refractivity contribution in [3.8, 4) is 11.4 Å². The molecule has 228 valence electrons. The van der Waals surface area contributed by atoms with Crippen LogP contribution in [0.2, 0.25) is 5.02 Å². The van der Waals surface area contributed by atoms with E-state index in [-0.39, 0.29) is 19.1 Å². The van der Waals surface area contributed by atoms with E-state index in [1.54, 1.807) is 80.1 Å². The van der Waals surface area contributed by atoms with Gasteiger partial charge in [-0.05, 0) is 80.2 Å². The molecule has 1 unspecified atom stereocenters. The summed E-state index contributed by atoms with van der Waals surface area (Å²) in [5.41, 5.74) is 5.08. The number of hydrogen-bond acceptors (Lipinski definition) is 9. The van der Waals surface area contributed by atoms with Crippen LogP contribution >= 0.6 is 11.6 Å². The molecule has 4 aromatic rings. The fourth-order valence-corrected chi connectivity index (χ4v) is 5.15. The molecular weight excluding hydrogens is 582 g/mol. The van der Waals surface area contributed by atoms with Crippen molar-refractivity contribution in [2.45, 2.75) is 19.3 Å². The molecule has 0 bridgehead atoms. The van der Waals surface area contributed by atoms with E-state index in [4.69, 9.17) is 21.1 Å². The Hall–Kier alpha value is -4.87. The quantitative estimate of drug-likeness (QED) is 0.244. The molecule has 0 fully saturated rings. The molecule has 1 atom stereocenters. The third kappa shape index (κ3) is 6.10. The lowest BCUT2D eigenvalue weighted by Gasteiger charge is -2.37. The Kier molecular flexibility index (Phi) is 8.88. The molecule has 5 rings (SSSR count). The average Bonchev–Trinajstić information content (AvgIpc) is 3.45. The average molecular weight is 616 g/mol. The van der Waals surface area contributed by atoms with E-state index in [0.29, 0.717) is 27.7 Å². The molecule has 2 heterocycles. The molecule has 1 amide bonds. The Bertz CT molecular complexity index is 1770.